The number of aromatic nitrogens is 2. The number of carboxylic acids is 2. The number of benzene rings is 1. The number of nitrogens with one attached hydrogen (secondary N) is 7. The summed E-state index contributed by atoms with van der Waals surface area (Å²) < 4.78 is 0. The number of rotatable bonds is 24. The Hall–Kier alpha value is -6.17. The van der Waals surface area contributed by atoms with Crippen LogP contribution in [-0.2, 0) is 51.2 Å². The maximum absolute atomic E-state index is 13.6. The van der Waals surface area contributed by atoms with Crippen molar-refractivity contribution in [2.75, 3.05) is 13.2 Å². The molecule has 15 N–H and O–H groups in total. The molecule has 320 valence electrons. The zero-order chi connectivity index (χ0) is 43.7. The molecule has 23 nitrogen and oxygen atoms in total. The van der Waals surface area contributed by atoms with Crippen molar-refractivity contribution in [3.8, 4) is 5.75 Å². The van der Waals surface area contributed by atoms with E-state index < -0.39 is 115 Å². The van der Waals surface area contributed by atoms with E-state index in [0.717, 1.165) is 6.92 Å². The van der Waals surface area contributed by atoms with Gasteiger partial charge in [0.1, 0.15) is 48.0 Å². The van der Waals surface area contributed by atoms with Gasteiger partial charge in [-0.3, -0.25) is 33.6 Å². The predicted molar refractivity (Wildman–Crippen MR) is 199 cm³/mol. The molecule has 8 atom stereocenters. The van der Waals surface area contributed by atoms with Crippen LogP contribution in [0.4, 0.5) is 0 Å². The molecule has 2 aromatic rings. The lowest BCUT2D eigenvalue weighted by molar-refractivity contribution is -0.143. The predicted octanol–water partition coefficient (Wildman–Crippen LogP) is -4.89. The van der Waals surface area contributed by atoms with Crippen molar-refractivity contribution >= 4 is 47.4 Å². The van der Waals surface area contributed by atoms with E-state index in [9.17, 15) is 63.9 Å². The molecule has 0 saturated heterocycles. The van der Waals surface area contributed by atoms with Gasteiger partial charge in [0.25, 0.3) is 0 Å². The van der Waals surface area contributed by atoms with Gasteiger partial charge in [0, 0.05) is 24.7 Å². The minimum Gasteiger partial charge on any atom is -0.508 e. The number of carbonyl (C=O) groups excluding carboxylic acids is 6. The van der Waals surface area contributed by atoms with Crippen LogP contribution in [0.2, 0.25) is 0 Å². The van der Waals surface area contributed by atoms with E-state index >= 15 is 0 Å². The summed E-state index contributed by atoms with van der Waals surface area (Å²) in [6.45, 7) is 2.70. The van der Waals surface area contributed by atoms with Crippen LogP contribution in [0.1, 0.15) is 44.9 Å². The fourth-order valence-corrected chi connectivity index (χ4v) is 5.27. The van der Waals surface area contributed by atoms with Crippen LogP contribution in [0.5, 0.6) is 5.75 Å². The van der Waals surface area contributed by atoms with E-state index in [2.05, 4.69) is 41.9 Å². The Labute approximate surface area is 331 Å². The van der Waals surface area contributed by atoms with Crippen molar-refractivity contribution < 1.29 is 69.0 Å². The van der Waals surface area contributed by atoms with Gasteiger partial charge in [0.05, 0.1) is 32.1 Å². The highest BCUT2D eigenvalue weighted by Gasteiger charge is 2.35. The van der Waals surface area contributed by atoms with E-state index in [1.165, 1.54) is 36.8 Å². The molecule has 1 aromatic heterocycles. The molecule has 0 spiro atoms. The average molecular weight is 822 g/mol. The number of aliphatic hydroxyl groups is 3. The molecule has 6 amide bonds. The van der Waals surface area contributed by atoms with Crippen molar-refractivity contribution in [1.82, 2.24) is 41.9 Å². The van der Waals surface area contributed by atoms with Gasteiger partial charge in [-0.05, 0) is 37.0 Å². The zero-order valence-corrected chi connectivity index (χ0v) is 31.9. The summed E-state index contributed by atoms with van der Waals surface area (Å²) in [5.41, 5.74) is 6.18. The summed E-state index contributed by atoms with van der Waals surface area (Å²) >= 11 is 0. The number of carbonyl (C=O) groups is 8. The van der Waals surface area contributed by atoms with Gasteiger partial charge in [0.15, 0.2) is 0 Å². The van der Waals surface area contributed by atoms with Crippen LogP contribution in [-0.4, -0.2) is 150 Å². The maximum atomic E-state index is 13.6. The molecule has 0 bridgehead atoms. The fourth-order valence-electron chi connectivity index (χ4n) is 5.27. The molecule has 1 aromatic carbocycles. The average Bonchev–Trinajstić information content (AvgIpc) is 3.67. The Morgan fingerprint density at radius 1 is 0.690 bits per heavy atom. The molecular weight excluding hydrogens is 770 g/mol. The monoisotopic (exact) mass is 821 g/mol. The first-order valence-corrected chi connectivity index (χ1v) is 17.9. The molecule has 0 aliphatic heterocycles. The Morgan fingerprint density at radius 3 is 1.74 bits per heavy atom. The number of aromatic amines is 1. The Morgan fingerprint density at radius 2 is 1.22 bits per heavy atom. The lowest BCUT2D eigenvalue weighted by Crippen LogP contribution is -2.62. The number of aromatic hydroxyl groups is 1. The molecule has 0 radical (unpaired) electrons. The summed E-state index contributed by atoms with van der Waals surface area (Å²) in [5, 5.41) is 71.7. The lowest BCUT2D eigenvalue weighted by atomic mass is 10.0. The van der Waals surface area contributed by atoms with E-state index in [1.54, 1.807) is 13.8 Å². The van der Waals surface area contributed by atoms with Gasteiger partial charge in [-0.2, -0.15) is 0 Å². The Kier molecular flexibility index (Phi) is 19.2. The number of phenolic OH excluding ortho intramolecular Hbond substituents is 1. The SMILES string of the molecule is CC(C)C[C@H](NC(=O)[C@H](CO)NC(=O)[C@H](Cc1cnc[nH]1)NC(=O)[C@H](CC(=O)O)NC(=O)[C@@H](NC(=O)[C@@H](N)CO)[C@@H](C)O)C(=O)N[C@@H](Cc1ccc(O)cc1)C(=O)O. The van der Waals surface area contributed by atoms with Crippen molar-refractivity contribution in [1.29, 1.82) is 0 Å². The highest BCUT2D eigenvalue weighted by atomic mass is 16.4. The summed E-state index contributed by atoms with van der Waals surface area (Å²) in [6, 6.07) is -5.72. The first-order valence-electron chi connectivity index (χ1n) is 17.9. The van der Waals surface area contributed by atoms with Gasteiger partial charge in [-0.1, -0.05) is 26.0 Å². The van der Waals surface area contributed by atoms with Gasteiger partial charge in [-0.25, -0.2) is 9.78 Å². The first-order chi connectivity index (χ1) is 27.2. The molecule has 1 heterocycles. The second kappa shape index (κ2) is 23.2. The van der Waals surface area contributed by atoms with Gasteiger partial charge >= 0.3 is 11.9 Å². The normalized spacial score (nSPS) is 15.2. The lowest BCUT2D eigenvalue weighted by Gasteiger charge is -2.27. The standard InChI is InChI=1S/C35H51N9O14/c1-16(2)8-22(30(52)42-25(35(57)58)9-18-4-6-20(48)7-5-18)39-33(55)26(14-46)43-31(53)23(10-19-12-37-15-38-19)40-32(54)24(11-27(49)50)41-34(56)28(17(3)47)44-29(51)21(36)13-45/h4-7,12,15-17,21-26,28,45-48H,8-11,13-14,36H2,1-3H3,(H,37,38)(H,39,55)(H,40,54)(H,41,56)(H,42,52)(H,43,53)(H,44,51)(H,49,50)(H,57,58)/t17-,21+,22+,23+,24+,25+,26+,28+/m1/s1. The number of hydrogen-bond donors (Lipinski definition) is 14. The Bertz CT molecular complexity index is 1720. The fraction of sp³-hybridized carbons (Fsp3) is 0.514. The smallest absolute Gasteiger partial charge is 0.326 e. The largest absolute Gasteiger partial charge is 0.508 e. The third kappa shape index (κ3) is 15.8. The quantitative estimate of drug-likeness (QED) is 0.0472. The first kappa shape index (κ1) is 48.0. The third-order valence-electron chi connectivity index (χ3n) is 8.37. The summed E-state index contributed by atoms with van der Waals surface area (Å²) in [5.74, 6) is -9.82. The second-order valence-corrected chi connectivity index (χ2v) is 13.7. The van der Waals surface area contributed by atoms with E-state index in [1.807, 2.05) is 0 Å². The number of aliphatic hydroxyl groups excluding tert-OH is 3. The number of H-pyrrole nitrogens is 1. The van der Waals surface area contributed by atoms with Gasteiger partial charge in [0.2, 0.25) is 35.4 Å². The number of carboxylic acid groups (broad SMARTS) is 2. The molecule has 0 aliphatic rings. The number of hydrogen-bond acceptors (Lipinski definition) is 14. The van der Waals surface area contributed by atoms with Crippen LogP contribution < -0.4 is 37.6 Å². The molecule has 0 saturated carbocycles. The molecule has 23 heteroatoms. The molecule has 2 rings (SSSR count). The molecule has 0 fully saturated rings. The highest BCUT2D eigenvalue weighted by Crippen LogP contribution is 2.13. The maximum Gasteiger partial charge on any atom is 0.326 e. The highest BCUT2D eigenvalue weighted by molar-refractivity contribution is 5.98. The van der Waals surface area contributed by atoms with E-state index in [-0.39, 0.29) is 36.6 Å². The molecule has 58 heavy (non-hydrogen) atoms. The van der Waals surface area contributed by atoms with E-state index in [0.29, 0.717) is 5.56 Å². The van der Waals surface area contributed by atoms with Crippen LogP contribution in [0.25, 0.3) is 0 Å². The number of imidazole rings is 1. The van der Waals surface area contributed by atoms with Crippen LogP contribution in [0, 0.1) is 5.92 Å². The van der Waals surface area contributed by atoms with Gasteiger partial charge in [-0.15, -0.1) is 0 Å². The van der Waals surface area contributed by atoms with Crippen molar-refractivity contribution in [3.05, 3.63) is 48.0 Å². The van der Waals surface area contributed by atoms with Crippen LogP contribution in [0.15, 0.2) is 36.8 Å². The van der Waals surface area contributed by atoms with E-state index in [4.69, 9.17) is 10.8 Å². The third-order valence-corrected chi connectivity index (χ3v) is 8.37. The van der Waals surface area contributed by atoms with Crippen molar-refractivity contribution in [2.45, 2.75) is 94.9 Å². The summed E-state index contributed by atoms with van der Waals surface area (Å²) in [6.07, 6.45) is -0.644. The Balaban J connectivity index is 2.28. The number of phenols is 1. The van der Waals surface area contributed by atoms with Crippen molar-refractivity contribution in [2.24, 2.45) is 11.7 Å². The van der Waals surface area contributed by atoms with Gasteiger partial charge < -0.3 is 73.3 Å². The number of nitrogens with zero attached hydrogens (tertiary/aromatic N) is 1. The van der Waals surface area contributed by atoms with Crippen molar-refractivity contribution in [3.63, 3.8) is 0 Å². The number of nitrogens with two attached hydrogens (primary N) is 1. The molecular formula is C35H51N9O14. The summed E-state index contributed by atoms with van der Waals surface area (Å²) in [4.78, 5) is 109. The molecule has 0 aliphatic carbocycles. The van der Waals surface area contributed by atoms with Crippen LogP contribution in [0.3, 0.4) is 0 Å². The minimum atomic E-state index is -1.91. The number of aliphatic carboxylic acids is 2. The number of amides is 6. The molecule has 0 unspecified atom stereocenters. The topological polar surface area (TPSA) is 385 Å². The van der Waals surface area contributed by atoms with Crippen LogP contribution >= 0.6 is 0 Å². The summed E-state index contributed by atoms with van der Waals surface area (Å²) in [7, 11) is 0. The zero-order valence-electron chi connectivity index (χ0n) is 31.9. The second-order valence-electron chi connectivity index (χ2n) is 13.7. The minimum absolute atomic E-state index is 0.00174.